The molecule has 116 valence electrons. The van der Waals surface area contributed by atoms with E-state index in [0.717, 1.165) is 26.2 Å². The van der Waals surface area contributed by atoms with Crippen molar-refractivity contribution in [3.63, 3.8) is 0 Å². The predicted molar refractivity (Wildman–Crippen MR) is 69.0 cm³/mol. The first-order valence-corrected chi connectivity index (χ1v) is 6.73. The summed E-state index contributed by atoms with van der Waals surface area (Å²) in [6, 6.07) is 5.12. The fraction of sp³-hybridized carbons (Fsp3) is 0.462. The molecule has 1 fully saturated rings. The normalized spacial score (nSPS) is 16.5. The smallest absolute Gasteiger partial charge is 0.406 e. The minimum Gasteiger partial charge on any atom is -0.406 e. The standard InChI is InChI=1S/C13H16F3N3O2/c14-13(15,16)21-11-3-1-10(2-4-11)18-12(20)9-19-7-5-17-6-8-19/h1-4,17H,5-9H2,(H,18,20)/p+2. The van der Waals surface area contributed by atoms with Crippen LogP contribution in [0, 0.1) is 0 Å². The molecule has 2 rings (SSSR count). The van der Waals surface area contributed by atoms with Crippen LogP contribution in [0.2, 0.25) is 0 Å². The van der Waals surface area contributed by atoms with E-state index in [1.165, 1.54) is 29.2 Å². The van der Waals surface area contributed by atoms with E-state index in [-0.39, 0.29) is 11.7 Å². The molecule has 1 amide bonds. The Labute approximate surface area is 120 Å². The number of quaternary nitrogens is 2. The number of ether oxygens (including phenoxy) is 1. The molecule has 1 heterocycles. The van der Waals surface area contributed by atoms with Gasteiger partial charge in [0.1, 0.15) is 31.9 Å². The quantitative estimate of drug-likeness (QED) is 0.667. The Kier molecular flexibility index (Phi) is 5.03. The molecule has 21 heavy (non-hydrogen) atoms. The lowest BCUT2D eigenvalue weighted by molar-refractivity contribution is -0.940. The first kappa shape index (κ1) is 15.6. The average molecular weight is 305 g/mol. The minimum absolute atomic E-state index is 0.142. The summed E-state index contributed by atoms with van der Waals surface area (Å²) >= 11 is 0. The van der Waals surface area contributed by atoms with E-state index in [9.17, 15) is 18.0 Å². The van der Waals surface area contributed by atoms with Crippen molar-refractivity contribution in [3.05, 3.63) is 24.3 Å². The van der Waals surface area contributed by atoms with Crippen molar-refractivity contribution in [2.45, 2.75) is 6.36 Å². The maximum absolute atomic E-state index is 12.0. The number of piperazine rings is 1. The van der Waals surface area contributed by atoms with Crippen molar-refractivity contribution in [3.8, 4) is 5.75 Å². The van der Waals surface area contributed by atoms with Crippen LogP contribution in [0.3, 0.4) is 0 Å². The molecule has 0 radical (unpaired) electrons. The van der Waals surface area contributed by atoms with Crippen molar-refractivity contribution in [2.24, 2.45) is 0 Å². The summed E-state index contributed by atoms with van der Waals surface area (Å²) in [4.78, 5) is 13.1. The van der Waals surface area contributed by atoms with Gasteiger partial charge in [-0.15, -0.1) is 13.2 Å². The van der Waals surface area contributed by atoms with Gasteiger partial charge in [0.05, 0.1) is 0 Å². The van der Waals surface area contributed by atoms with Crippen LogP contribution in [-0.4, -0.2) is 45.0 Å². The SMILES string of the molecule is O=C(C[NH+]1CC[NH2+]CC1)Nc1ccc(OC(F)(F)F)cc1. The van der Waals surface area contributed by atoms with Gasteiger partial charge in [-0.3, -0.25) is 4.79 Å². The summed E-state index contributed by atoms with van der Waals surface area (Å²) in [5.74, 6) is -0.450. The lowest BCUT2D eigenvalue weighted by atomic mass is 10.3. The number of rotatable bonds is 4. The van der Waals surface area contributed by atoms with E-state index in [1.807, 2.05) is 0 Å². The number of hydrogen-bond donors (Lipinski definition) is 3. The van der Waals surface area contributed by atoms with Gasteiger partial charge in [0, 0.05) is 5.69 Å². The number of amides is 1. The second-order valence-electron chi connectivity index (χ2n) is 4.91. The van der Waals surface area contributed by atoms with Crippen molar-refractivity contribution >= 4 is 11.6 Å². The molecular formula is C13H18F3N3O2+2. The van der Waals surface area contributed by atoms with E-state index in [4.69, 9.17) is 0 Å². The van der Waals surface area contributed by atoms with Crippen LogP contribution in [0.15, 0.2) is 24.3 Å². The Balaban J connectivity index is 1.83. The van der Waals surface area contributed by atoms with Crippen LogP contribution in [0.1, 0.15) is 0 Å². The molecule has 1 aliphatic heterocycles. The van der Waals surface area contributed by atoms with Gasteiger partial charge < -0.3 is 20.3 Å². The lowest BCUT2D eigenvalue weighted by Crippen LogP contribution is -3.21. The number of hydrogen-bond acceptors (Lipinski definition) is 2. The van der Waals surface area contributed by atoms with Crippen LogP contribution in [0.4, 0.5) is 18.9 Å². The van der Waals surface area contributed by atoms with Gasteiger partial charge in [0.2, 0.25) is 0 Å². The zero-order chi connectivity index (χ0) is 15.3. The molecule has 0 aliphatic carbocycles. The third kappa shape index (κ3) is 5.60. The molecule has 0 saturated carbocycles. The summed E-state index contributed by atoms with van der Waals surface area (Å²) in [5, 5.41) is 4.88. The van der Waals surface area contributed by atoms with Crippen LogP contribution < -0.4 is 20.3 Å². The van der Waals surface area contributed by atoms with Crippen LogP contribution in [0.5, 0.6) is 5.75 Å². The topological polar surface area (TPSA) is 59.4 Å². The van der Waals surface area contributed by atoms with E-state index in [0.29, 0.717) is 12.2 Å². The molecule has 0 unspecified atom stereocenters. The number of halogens is 3. The van der Waals surface area contributed by atoms with E-state index in [2.05, 4.69) is 15.4 Å². The number of nitrogens with two attached hydrogens (primary N) is 1. The van der Waals surface area contributed by atoms with Crippen molar-refractivity contribution in [2.75, 3.05) is 38.0 Å². The van der Waals surface area contributed by atoms with Gasteiger partial charge >= 0.3 is 6.36 Å². The molecule has 1 aliphatic rings. The fourth-order valence-corrected chi connectivity index (χ4v) is 2.23. The van der Waals surface area contributed by atoms with E-state index < -0.39 is 6.36 Å². The number of nitrogens with one attached hydrogen (secondary N) is 2. The van der Waals surface area contributed by atoms with Crippen molar-refractivity contribution in [1.29, 1.82) is 0 Å². The van der Waals surface area contributed by atoms with Crippen molar-refractivity contribution in [1.82, 2.24) is 0 Å². The van der Waals surface area contributed by atoms with Crippen LogP contribution in [-0.2, 0) is 4.79 Å². The third-order valence-electron chi connectivity index (χ3n) is 3.19. The average Bonchev–Trinajstić information content (AvgIpc) is 2.40. The molecule has 1 saturated heterocycles. The molecule has 5 nitrogen and oxygen atoms in total. The molecule has 1 aromatic carbocycles. The van der Waals surface area contributed by atoms with Gasteiger partial charge in [-0.05, 0) is 24.3 Å². The minimum atomic E-state index is -4.71. The third-order valence-corrected chi connectivity index (χ3v) is 3.19. The Morgan fingerprint density at radius 1 is 1.24 bits per heavy atom. The summed E-state index contributed by atoms with van der Waals surface area (Å²) < 4.78 is 39.8. The van der Waals surface area contributed by atoms with Gasteiger partial charge in [-0.25, -0.2) is 0 Å². The maximum atomic E-state index is 12.0. The second-order valence-corrected chi connectivity index (χ2v) is 4.91. The number of carbonyl (C=O) groups is 1. The Morgan fingerprint density at radius 2 is 1.86 bits per heavy atom. The van der Waals surface area contributed by atoms with Gasteiger partial charge in [0.15, 0.2) is 6.54 Å². The van der Waals surface area contributed by atoms with E-state index in [1.54, 1.807) is 0 Å². The highest BCUT2D eigenvalue weighted by molar-refractivity contribution is 5.91. The summed E-state index contributed by atoms with van der Waals surface area (Å²) in [6.45, 7) is 4.25. The molecule has 0 atom stereocenters. The molecule has 0 spiro atoms. The van der Waals surface area contributed by atoms with Crippen molar-refractivity contribution < 1.29 is 32.9 Å². The highest BCUT2D eigenvalue weighted by Gasteiger charge is 2.31. The summed E-state index contributed by atoms with van der Waals surface area (Å²) in [5.41, 5.74) is 0.456. The Morgan fingerprint density at radius 3 is 2.43 bits per heavy atom. The monoisotopic (exact) mass is 305 g/mol. The van der Waals surface area contributed by atoms with Gasteiger partial charge in [-0.1, -0.05) is 0 Å². The summed E-state index contributed by atoms with van der Waals surface area (Å²) in [7, 11) is 0. The van der Waals surface area contributed by atoms with Gasteiger partial charge in [-0.2, -0.15) is 0 Å². The Hall–Kier alpha value is -1.80. The highest BCUT2D eigenvalue weighted by Crippen LogP contribution is 2.23. The molecule has 8 heteroatoms. The first-order chi connectivity index (χ1) is 9.92. The molecule has 0 bridgehead atoms. The predicted octanol–water partition coefficient (Wildman–Crippen LogP) is -1.01. The number of alkyl halides is 3. The largest absolute Gasteiger partial charge is 0.573 e. The zero-order valence-corrected chi connectivity index (χ0v) is 11.4. The van der Waals surface area contributed by atoms with E-state index >= 15 is 0 Å². The second kappa shape index (κ2) is 6.77. The number of carbonyl (C=O) groups excluding carboxylic acids is 1. The molecule has 4 N–H and O–H groups in total. The number of anilines is 1. The summed E-state index contributed by atoms with van der Waals surface area (Å²) in [6.07, 6.45) is -4.71. The fourth-order valence-electron chi connectivity index (χ4n) is 2.23. The van der Waals surface area contributed by atoms with Crippen LogP contribution in [0.25, 0.3) is 0 Å². The lowest BCUT2D eigenvalue weighted by Gasteiger charge is -2.21. The number of benzene rings is 1. The first-order valence-electron chi connectivity index (χ1n) is 6.73. The maximum Gasteiger partial charge on any atom is 0.573 e. The van der Waals surface area contributed by atoms with Gasteiger partial charge in [0.25, 0.3) is 5.91 Å². The highest BCUT2D eigenvalue weighted by atomic mass is 19.4. The molecule has 1 aromatic rings. The zero-order valence-electron chi connectivity index (χ0n) is 11.4. The molecule has 0 aromatic heterocycles. The van der Waals surface area contributed by atoms with Crippen LogP contribution >= 0.6 is 0 Å². The Bertz CT molecular complexity index is 471. The molecular weight excluding hydrogens is 287 g/mol.